The van der Waals surface area contributed by atoms with E-state index in [0.29, 0.717) is 11.2 Å². The fourth-order valence-corrected chi connectivity index (χ4v) is 2.22. The summed E-state index contributed by atoms with van der Waals surface area (Å²) in [7, 11) is 1.83. The van der Waals surface area contributed by atoms with Crippen molar-refractivity contribution < 1.29 is 0 Å². The topological polar surface area (TPSA) is 53.9 Å². The molecule has 1 unspecified atom stereocenters. The van der Waals surface area contributed by atoms with Crippen LogP contribution in [0.3, 0.4) is 0 Å². The second-order valence-corrected chi connectivity index (χ2v) is 5.41. The zero-order chi connectivity index (χ0) is 13.5. The standard InChI is InChI=1S/C12H23N5S/c1-6-9(4)18-12-15-10(13-5)14-11(16-12)17(7-2)8-3/h9H,6-8H2,1-5H3,(H,13,14,15,16). The van der Waals surface area contributed by atoms with Crippen molar-refractivity contribution in [2.75, 3.05) is 30.4 Å². The molecule has 0 aliphatic heterocycles. The summed E-state index contributed by atoms with van der Waals surface area (Å²) in [4.78, 5) is 15.5. The van der Waals surface area contributed by atoms with Crippen LogP contribution in [0.2, 0.25) is 0 Å². The highest BCUT2D eigenvalue weighted by atomic mass is 32.2. The molecule has 0 saturated heterocycles. The highest BCUT2D eigenvalue weighted by Crippen LogP contribution is 2.24. The highest BCUT2D eigenvalue weighted by Gasteiger charge is 2.12. The summed E-state index contributed by atoms with van der Waals surface area (Å²) >= 11 is 1.70. The smallest absolute Gasteiger partial charge is 0.231 e. The minimum absolute atomic E-state index is 0.515. The van der Waals surface area contributed by atoms with E-state index in [0.717, 1.165) is 30.6 Å². The van der Waals surface area contributed by atoms with Gasteiger partial charge in [-0.1, -0.05) is 25.6 Å². The number of anilines is 2. The molecule has 0 radical (unpaired) electrons. The molecule has 0 amide bonds. The lowest BCUT2D eigenvalue weighted by atomic mass is 10.4. The molecular weight excluding hydrogens is 246 g/mol. The van der Waals surface area contributed by atoms with Crippen LogP contribution in [0.1, 0.15) is 34.1 Å². The van der Waals surface area contributed by atoms with Crippen LogP contribution in [0.25, 0.3) is 0 Å². The Bertz CT molecular complexity index is 367. The third kappa shape index (κ3) is 4.01. The molecule has 18 heavy (non-hydrogen) atoms. The summed E-state index contributed by atoms with van der Waals surface area (Å²) in [5, 5.41) is 4.31. The molecule has 1 N–H and O–H groups in total. The van der Waals surface area contributed by atoms with Gasteiger partial charge in [0.25, 0.3) is 0 Å². The van der Waals surface area contributed by atoms with Gasteiger partial charge in [-0.05, 0) is 20.3 Å². The third-order valence-electron chi connectivity index (χ3n) is 2.75. The minimum atomic E-state index is 0.515. The summed E-state index contributed by atoms with van der Waals surface area (Å²) in [5.74, 6) is 1.39. The van der Waals surface area contributed by atoms with E-state index in [1.807, 2.05) is 7.05 Å². The Hall–Kier alpha value is -1.04. The van der Waals surface area contributed by atoms with Crippen molar-refractivity contribution in [2.45, 2.75) is 44.5 Å². The van der Waals surface area contributed by atoms with Crippen molar-refractivity contribution in [3.05, 3.63) is 0 Å². The van der Waals surface area contributed by atoms with Crippen LogP contribution in [0, 0.1) is 0 Å². The Balaban J connectivity index is 3.00. The number of rotatable bonds is 7. The quantitative estimate of drug-likeness (QED) is 0.768. The molecule has 0 fully saturated rings. The molecule has 5 nitrogen and oxygen atoms in total. The maximum absolute atomic E-state index is 4.54. The van der Waals surface area contributed by atoms with E-state index in [9.17, 15) is 0 Å². The van der Waals surface area contributed by atoms with Crippen molar-refractivity contribution in [3.63, 3.8) is 0 Å². The molecule has 0 bridgehead atoms. The van der Waals surface area contributed by atoms with Gasteiger partial charge in [-0.25, -0.2) is 0 Å². The summed E-state index contributed by atoms with van der Waals surface area (Å²) in [6.07, 6.45) is 1.10. The van der Waals surface area contributed by atoms with Gasteiger partial charge in [0.2, 0.25) is 11.9 Å². The van der Waals surface area contributed by atoms with Crippen molar-refractivity contribution >= 4 is 23.7 Å². The average molecular weight is 269 g/mol. The van der Waals surface area contributed by atoms with E-state index in [1.165, 1.54) is 0 Å². The monoisotopic (exact) mass is 269 g/mol. The molecule has 0 saturated carbocycles. The lowest BCUT2D eigenvalue weighted by Crippen LogP contribution is -2.25. The molecular formula is C12H23N5S. The number of hydrogen-bond acceptors (Lipinski definition) is 6. The highest BCUT2D eigenvalue weighted by molar-refractivity contribution is 7.99. The van der Waals surface area contributed by atoms with Gasteiger partial charge >= 0.3 is 0 Å². The van der Waals surface area contributed by atoms with Gasteiger partial charge in [-0.2, -0.15) is 15.0 Å². The zero-order valence-corrected chi connectivity index (χ0v) is 12.7. The van der Waals surface area contributed by atoms with Gasteiger partial charge in [0.15, 0.2) is 5.16 Å². The van der Waals surface area contributed by atoms with Gasteiger partial charge in [0, 0.05) is 25.4 Å². The molecule has 6 heteroatoms. The zero-order valence-electron chi connectivity index (χ0n) is 11.9. The largest absolute Gasteiger partial charge is 0.357 e. The Morgan fingerprint density at radius 2 is 1.83 bits per heavy atom. The molecule has 1 heterocycles. The molecule has 0 aromatic carbocycles. The van der Waals surface area contributed by atoms with Crippen molar-refractivity contribution in [1.82, 2.24) is 15.0 Å². The number of thioether (sulfide) groups is 1. The number of aromatic nitrogens is 3. The summed E-state index contributed by atoms with van der Waals surface area (Å²) in [5.41, 5.74) is 0. The van der Waals surface area contributed by atoms with Crippen molar-refractivity contribution in [3.8, 4) is 0 Å². The lowest BCUT2D eigenvalue weighted by molar-refractivity contribution is 0.781. The number of nitrogens with zero attached hydrogens (tertiary/aromatic N) is 4. The Kier molecular flexibility index (Phi) is 6.18. The average Bonchev–Trinajstić information content (AvgIpc) is 2.39. The maximum atomic E-state index is 4.54. The van der Waals surface area contributed by atoms with Crippen LogP contribution >= 0.6 is 11.8 Å². The van der Waals surface area contributed by atoms with Crippen LogP contribution in [0.15, 0.2) is 5.16 Å². The fourth-order valence-electron chi connectivity index (χ4n) is 1.42. The van der Waals surface area contributed by atoms with Crippen molar-refractivity contribution in [1.29, 1.82) is 0 Å². The molecule has 0 spiro atoms. The molecule has 1 rings (SSSR count). The summed E-state index contributed by atoms with van der Waals surface area (Å²) < 4.78 is 0. The molecule has 1 atom stereocenters. The number of hydrogen-bond donors (Lipinski definition) is 1. The summed E-state index contributed by atoms with van der Waals surface area (Å²) in [6.45, 7) is 10.4. The second kappa shape index (κ2) is 7.41. The van der Waals surface area contributed by atoms with Crippen molar-refractivity contribution in [2.24, 2.45) is 0 Å². The fraction of sp³-hybridized carbons (Fsp3) is 0.750. The van der Waals surface area contributed by atoms with Gasteiger partial charge < -0.3 is 10.2 Å². The second-order valence-electron chi connectivity index (χ2n) is 4.00. The van der Waals surface area contributed by atoms with E-state index < -0.39 is 0 Å². The van der Waals surface area contributed by atoms with E-state index >= 15 is 0 Å². The van der Waals surface area contributed by atoms with Gasteiger partial charge in [-0.3, -0.25) is 0 Å². The number of nitrogens with one attached hydrogen (secondary N) is 1. The van der Waals surface area contributed by atoms with Gasteiger partial charge in [0.05, 0.1) is 0 Å². The molecule has 0 aliphatic carbocycles. The van der Waals surface area contributed by atoms with Crippen LogP contribution in [-0.2, 0) is 0 Å². The van der Waals surface area contributed by atoms with E-state index in [4.69, 9.17) is 0 Å². The first kappa shape index (κ1) is 15.0. The third-order valence-corrected chi connectivity index (χ3v) is 3.88. The molecule has 1 aromatic rings. The van der Waals surface area contributed by atoms with E-state index in [2.05, 4.69) is 52.9 Å². The normalized spacial score (nSPS) is 12.3. The van der Waals surface area contributed by atoms with Crippen LogP contribution in [0.5, 0.6) is 0 Å². The van der Waals surface area contributed by atoms with Crippen LogP contribution in [0.4, 0.5) is 11.9 Å². The molecule has 0 aliphatic rings. The summed E-state index contributed by atoms with van der Waals surface area (Å²) in [6, 6.07) is 0. The van der Waals surface area contributed by atoms with Gasteiger partial charge in [0.1, 0.15) is 0 Å². The Labute approximate surface area is 114 Å². The van der Waals surface area contributed by atoms with Crippen LogP contribution < -0.4 is 10.2 Å². The first-order chi connectivity index (χ1) is 8.64. The lowest BCUT2D eigenvalue weighted by Gasteiger charge is -2.19. The van der Waals surface area contributed by atoms with Crippen LogP contribution in [-0.4, -0.2) is 40.3 Å². The van der Waals surface area contributed by atoms with Gasteiger partial charge in [-0.15, -0.1) is 0 Å². The SMILES string of the molecule is CCC(C)Sc1nc(NC)nc(N(CC)CC)n1. The Morgan fingerprint density at radius 1 is 1.17 bits per heavy atom. The minimum Gasteiger partial charge on any atom is -0.357 e. The first-order valence-corrected chi connectivity index (χ1v) is 7.37. The predicted molar refractivity (Wildman–Crippen MR) is 78.5 cm³/mol. The maximum Gasteiger partial charge on any atom is 0.231 e. The Morgan fingerprint density at radius 3 is 2.33 bits per heavy atom. The molecule has 102 valence electrons. The molecule has 1 aromatic heterocycles. The van der Waals surface area contributed by atoms with E-state index in [-0.39, 0.29) is 0 Å². The first-order valence-electron chi connectivity index (χ1n) is 6.49. The van der Waals surface area contributed by atoms with E-state index in [1.54, 1.807) is 11.8 Å². The predicted octanol–water partition coefficient (Wildman–Crippen LogP) is 2.65.